The van der Waals surface area contributed by atoms with Crippen molar-refractivity contribution in [1.29, 1.82) is 0 Å². The third-order valence-corrected chi connectivity index (χ3v) is 2.45. The zero-order valence-corrected chi connectivity index (χ0v) is 10.4. The number of rotatable bonds is 4. The maximum Gasteiger partial charge on any atom is 0.332 e. The highest BCUT2D eigenvalue weighted by Gasteiger charge is 2.14. The summed E-state index contributed by atoms with van der Waals surface area (Å²) >= 11 is 0. The van der Waals surface area contributed by atoms with E-state index in [-0.39, 0.29) is 5.56 Å². The molecule has 0 fully saturated rings. The van der Waals surface area contributed by atoms with E-state index in [1.54, 1.807) is 17.5 Å². The summed E-state index contributed by atoms with van der Waals surface area (Å²) in [6, 6.07) is 1.79. The van der Waals surface area contributed by atoms with E-state index < -0.39 is 18.5 Å². The first kappa shape index (κ1) is 13.0. The Bertz CT molecular complexity index is 649. The highest BCUT2D eigenvalue weighted by atomic mass is 16.7. The van der Waals surface area contributed by atoms with Gasteiger partial charge in [0.1, 0.15) is 0 Å². The van der Waals surface area contributed by atoms with Crippen molar-refractivity contribution in [3.63, 3.8) is 0 Å². The van der Waals surface area contributed by atoms with Crippen LogP contribution in [-0.4, -0.2) is 38.2 Å². The van der Waals surface area contributed by atoms with E-state index in [0.29, 0.717) is 11.3 Å². The van der Waals surface area contributed by atoms with Crippen LogP contribution in [0, 0.1) is 13.8 Å². The number of carboxylic acids is 1. The first-order valence-electron chi connectivity index (χ1n) is 5.45. The molecule has 0 aliphatic heterocycles. The lowest BCUT2D eigenvalue weighted by molar-refractivity contribution is -0.144. The van der Waals surface area contributed by atoms with Gasteiger partial charge in [0.25, 0.3) is 5.91 Å². The Morgan fingerprint density at radius 2 is 2.21 bits per heavy atom. The molecule has 19 heavy (non-hydrogen) atoms. The minimum absolute atomic E-state index is 0.265. The molecule has 2 heterocycles. The summed E-state index contributed by atoms with van der Waals surface area (Å²) in [6.07, 6.45) is 1.39. The molecule has 0 bridgehead atoms. The van der Waals surface area contributed by atoms with Crippen molar-refractivity contribution in [3.05, 3.63) is 29.2 Å². The van der Waals surface area contributed by atoms with E-state index in [4.69, 9.17) is 5.11 Å². The molecule has 2 rings (SSSR count). The second kappa shape index (κ2) is 5.02. The molecule has 2 aromatic heterocycles. The summed E-state index contributed by atoms with van der Waals surface area (Å²) in [4.78, 5) is 30.7. The molecule has 0 atom stereocenters. The van der Waals surface area contributed by atoms with E-state index >= 15 is 0 Å². The van der Waals surface area contributed by atoms with Gasteiger partial charge in [0.15, 0.2) is 12.3 Å². The van der Waals surface area contributed by atoms with Gasteiger partial charge < -0.3 is 5.11 Å². The van der Waals surface area contributed by atoms with Crippen LogP contribution in [0.3, 0.4) is 0 Å². The summed E-state index contributed by atoms with van der Waals surface area (Å²) in [5.41, 5.74) is 4.32. The number of carbonyl (C=O) groups is 2. The van der Waals surface area contributed by atoms with Gasteiger partial charge >= 0.3 is 5.97 Å². The van der Waals surface area contributed by atoms with Gasteiger partial charge in [-0.2, -0.15) is 5.10 Å². The third kappa shape index (κ3) is 2.68. The predicted molar refractivity (Wildman–Crippen MR) is 63.5 cm³/mol. The van der Waals surface area contributed by atoms with Crippen molar-refractivity contribution < 1.29 is 19.5 Å². The highest BCUT2D eigenvalue weighted by molar-refractivity contribution is 5.94. The van der Waals surface area contributed by atoms with Crippen LogP contribution in [0.1, 0.15) is 21.7 Å². The molecule has 0 saturated heterocycles. The van der Waals surface area contributed by atoms with Crippen molar-refractivity contribution in [2.24, 2.45) is 0 Å². The molecular formula is C11H12N4O4. The maximum atomic E-state index is 11.8. The number of aromatic nitrogens is 3. The standard InChI is InChI=1S/C11H12N4O4/c1-6-3-9-12-4-8(7(2)15(9)13-6)11(18)14-19-5-10(16)17/h3-4H,5H2,1-2H3,(H,14,18)(H,16,17). The molecule has 2 N–H and O–H groups in total. The lowest BCUT2D eigenvalue weighted by Crippen LogP contribution is -2.28. The number of aryl methyl sites for hydroxylation is 2. The lowest BCUT2D eigenvalue weighted by atomic mass is 10.2. The van der Waals surface area contributed by atoms with Crippen molar-refractivity contribution in [2.45, 2.75) is 13.8 Å². The molecule has 0 aliphatic carbocycles. The number of nitrogens with one attached hydrogen (secondary N) is 1. The van der Waals surface area contributed by atoms with Crippen molar-refractivity contribution in [3.8, 4) is 0 Å². The first-order chi connectivity index (χ1) is 8.99. The Morgan fingerprint density at radius 1 is 1.47 bits per heavy atom. The molecular weight excluding hydrogens is 252 g/mol. The number of amides is 1. The number of nitrogens with zero attached hydrogens (tertiary/aromatic N) is 3. The smallest absolute Gasteiger partial charge is 0.332 e. The van der Waals surface area contributed by atoms with E-state index in [1.165, 1.54) is 6.20 Å². The number of fused-ring (bicyclic) bond motifs is 1. The molecule has 8 nitrogen and oxygen atoms in total. The molecule has 0 aliphatic rings. The molecule has 0 saturated carbocycles. The van der Waals surface area contributed by atoms with Crippen molar-refractivity contribution in [1.82, 2.24) is 20.1 Å². The highest BCUT2D eigenvalue weighted by Crippen LogP contribution is 2.10. The van der Waals surface area contributed by atoms with E-state index in [1.807, 2.05) is 12.4 Å². The Balaban J connectivity index is 2.22. The minimum Gasteiger partial charge on any atom is -0.479 e. The predicted octanol–water partition coefficient (Wildman–Crippen LogP) is 0.0921. The summed E-state index contributed by atoms with van der Waals surface area (Å²) in [7, 11) is 0. The third-order valence-electron chi connectivity index (χ3n) is 2.45. The van der Waals surface area contributed by atoms with Gasteiger partial charge in [0.05, 0.1) is 17.0 Å². The number of carboxylic acid groups (broad SMARTS) is 1. The van der Waals surface area contributed by atoms with E-state index in [9.17, 15) is 9.59 Å². The zero-order valence-electron chi connectivity index (χ0n) is 10.4. The van der Waals surface area contributed by atoms with Gasteiger partial charge in [-0.15, -0.1) is 0 Å². The average molecular weight is 264 g/mol. The second-order valence-corrected chi connectivity index (χ2v) is 3.93. The molecule has 0 aromatic carbocycles. The fourth-order valence-corrected chi connectivity index (χ4v) is 1.60. The maximum absolute atomic E-state index is 11.8. The summed E-state index contributed by atoms with van der Waals surface area (Å²) in [5.74, 6) is -1.74. The van der Waals surface area contributed by atoms with Crippen LogP contribution < -0.4 is 5.48 Å². The Kier molecular flexibility index (Phi) is 3.43. The van der Waals surface area contributed by atoms with Crippen LogP contribution in [-0.2, 0) is 9.63 Å². The van der Waals surface area contributed by atoms with Crippen molar-refractivity contribution in [2.75, 3.05) is 6.61 Å². The van der Waals surface area contributed by atoms with Crippen molar-refractivity contribution >= 4 is 17.5 Å². The summed E-state index contributed by atoms with van der Waals surface area (Å²) in [6.45, 7) is 2.93. The summed E-state index contributed by atoms with van der Waals surface area (Å²) in [5, 5.41) is 12.6. The van der Waals surface area contributed by atoms with Crippen LogP contribution in [0.5, 0.6) is 0 Å². The normalized spacial score (nSPS) is 10.6. The van der Waals surface area contributed by atoms with Gasteiger partial charge in [-0.3, -0.25) is 9.63 Å². The molecule has 1 amide bonds. The van der Waals surface area contributed by atoms with Crippen LogP contribution >= 0.6 is 0 Å². The average Bonchev–Trinajstić information content (AvgIpc) is 2.70. The fourth-order valence-electron chi connectivity index (χ4n) is 1.60. The van der Waals surface area contributed by atoms with E-state index in [0.717, 1.165) is 5.69 Å². The molecule has 100 valence electrons. The number of hydroxylamine groups is 1. The van der Waals surface area contributed by atoms with Crippen LogP contribution in [0.4, 0.5) is 0 Å². The molecule has 0 unspecified atom stereocenters. The van der Waals surface area contributed by atoms with Gasteiger partial charge in [-0.25, -0.2) is 19.8 Å². The monoisotopic (exact) mass is 264 g/mol. The number of carbonyl (C=O) groups excluding carboxylic acids is 1. The zero-order chi connectivity index (χ0) is 14.0. The quantitative estimate of drug-likeness (QED) is 0.758. The van der Waals surface area contributed by atoms with Gasteiger partial charge in [0.2, 0.25) is 0 Å². The molecule has 0 radical (unpaired) electrons. The van der Waals surface area contributed by atoms with E-state index in [2.05, 4.69) is 14.9 Å². The van der Waals surface area contributed by atoms with Crippen LogP contribution in [0.25, 0.3) is 5.65 Å². The SMILES string of the molecule is Cc1cc2ncc(C(=O)NOCC(=O)O)c(C)n2n1. The van der Waals surface area contributed by atoms with Gasteiger partial charge in [0, 0.05) is 12.3 Å². The molecule has 8 heteroatoms. The first-order valence-corrected chi connectivity index (χ1v) is 5.45. The Morgan fingerprint density at radius 3 is 2.89 bits per heavy atom. The Labute approximate surface area is 108 Å². The topological polar surface area (TPSA) is 106 Å². The van der Waals surface area contributed by atoms with Gasteiger partial charge in [-0.05, 0) is 13.8 Å². The Hall–Kier alpha value is -2.48. The fraction of sp³-hybridized carbons (Fsp3) is 0.273. The molecule has 0 spiro atoms. The number of hydrogen-bond acceptors (Lipinski definition) is 5. The van der Waals surface area contributed by atoms with Crippen LogP contribution in [0.2, 0.25) is 0 Å². The van der Waals surface area contributed by atoms with Gasteiger partial charge in [-0.1, -0.05) is 0 Å². The molecule has 2 aromatic rings. The minimum atomic E-state index is -1.17. The number of hydrogen-bond donors (Lipinski definition) is 2. The lowest BCUT2D eigenvalue weighted by Gasteiger charge is -2.07. The summed E-state index contributed by atoms with van der Waals surface area (Å²) < 4.78 is 1.54. The number of aliphatic carboxylic acids is 1. The largest absolute Gasteiger partial charge is 0.479 e. The van der Waals surface area contributed by atoms with Crippen LogP contribution in [0.15, 0.2) is 12.3 Å². The second-order valence-electron chi connectivity index (χ2n) is 3.93.